The first-order valence-electron chi connectivity index (χ1n) is 5.30. The summed E-state index contributed by atoms with van der Waals surface area (Å²) in [7, 11) is 1.33. The largest absolute Gasteiger partial charge is 0.469 e. The van der Waals surface area contributed by atoms with Gasteiger partial charge in [-0.15, -0.1) is 12.4 Å². The second-order valence-corrected chi connectivity index (χ2v) is 3.44. The Balaban J connectivity index is 0.00000289. The topological polar surface area (TPSA) is 94.6 Å². The van der Waals surface area contributed by atoms with Crippen molar-refractivity contribution in [2.45, 2.75) is 19.4 Å². The Hall–Kier alpha value is -1.53. The molecule has 18 heavy (non-hydrogen) atoms. The lowest BCUT2D eigenvalue weighted by Gasteiger charge is -2.02. The highest BCUT2D eigenvalue weighted by Crippen LogP contribution is 2.06. The predicted molar refractivity (Wildman–Crippen MR) is 67.4 cm³/mol. The van der Waals surface area contributed by atoms with Gasteiger partial charge in [-0.1, -0.05) is 0 Å². The van der Waals surface area contributed by atoms with E-state index in [4.69, 9.17) is 10.2 Å². The molecule has 0 saturated heterocycles. The minimum atomic E-state index is -0.284. The van der Waals surface area contributed by atoms with Crippen molar-refractivity contribution in [3.8, 4) is 0 Å². The van der Waals surface area contributed by atoms with E-state index in [-0.39, 0.29) is 37.2 Å². The molecule has 0 aromatic carbocycles. The lowest BCUT2D eigenvalue weighted by Crippen LogP contribution is -2.24. The van der Waals surface area contributed by atoms with Crippen LogP contribution in [0.1, 0.15) is 29.0 Å². The van der Waals surface area contributed by atoms with Crippen LogP contribution in [-0.2, 0) is 16.1 Å². The fraction of sp³-hybridized carbons (Fsp3) is 0.455. The van der Waals surface area contributed by atoms with E-state index in [1.165, 1.54) is 13.4 Å². The van der Waals surface area contributed by atoms with Crippen molar-refractivity contribution in [3.05, 3.63) is 23.7 Å². The van der Waals surface area contributed by atoms with Gasteiger partial charge in [-0.25, -0.2) is 0 Å². The minimum absolute atomic E-state index is 0. The summed E-state index contributed by atoms with van der Waals surface area (Å²) in [5.74, 6) is 0.0380. The highest BCUT2D eigenvalue weighted by molar-refractivity contribution is 5.93. The lowest BCUT2D eigenvalue weighted by molar-refractivity contribution is -0.140. The first-order valence-corrected chi connectivity index (χ1v) is 5.30. The summed E-state index contributed by atoms with van der Waals surface area (Å²) in [5, 5.41) is 2.67. The van der Waals surface area contributed by atoms with Gasteiger partial charge in [0.15, 0.2) is 0 Å². The third-order valence-corrected chi connectivity index (χ3v) is 2.19. The van der Waals surface area contributed by atoms with Gasteiger partial charge in [0.05, 0.1) is 19.2 Å². The standard InChI is InChI=1S/C11H16N2O4.ClH/c1-16-10(14)3-2-4-13-11(15)8-5-9(6-12)17-7-8;/h5,7H,2-4,6,12H2,1H3,(H,13,15);1H. The first kappa shape index (κ1) is 16.5. The van der Waals surface area contributed by atoms with Gasteiger partial charge < -0.3 is 20.2 Å². The molecule has 1 heterocycles. The Bertz CT molecular complexity index is 392. The number of methoxy groups -OCH3 is 1. The Morgan fingerprint density at radius 2 is 2.22 bits per heavy atom. The molecule has 0 atom stereocenters. The van der Waals surface area contributed by atoms with Crippen LogP contribution in [0.15, 0.2) is 16.7 Å². The number of hydrogen-bond acceptors (Lipinski definition) is 5. The van der Waals surface area contributed by atoms with Crippen molar-refractivity contribution in [1.82, 2.24) is 5.32 Å². The van der Waals surface area contributed by atoms with E-state index < -0.39 is 0 Å². The van der Waals surface area contributed by atoms with Crippen LogP contribution in [0.2, 0.25) is 0 Å². The zero-order valence-electron chi connectivity index (χ0n) is 10.1. The van der Waals surface area contributed by atoms with Crippen molar-refractivity contribution >= 4 is 24.3 Å². The highest BCUT2D eigenvalue weighted by Gasteiger charge is 2.09. The van der Waals surface area contributed by atoms with E-state index >= 15 is 0 Å². The molecule has 0 aliphatic carbocycles. The van der Waals surface area contributed by atoms with E-state index in [9.17, 15) is 9.59 Å². The molecule has 0 saturated carbocycles. The number of nitrogens with one attached hydrogen (secondary N) is 1. The molecule has 0 aliphatic heterocycles. The van der Waals surface area contributed by atoms with Crippen LogP contribution in [-0.4, -0.2) is 25.5 Å². The number of amides is 1. The summed E-state index contributed by atoms with van der Waals surface area (Å²) in [4.78, 5) is 22.4. The molecule has 7 heteroatoms. The predicted octanol–water partition coefficient (Wildman–Crippen LogP) is 0.843. The second-order valence-electron chi connectivity index (χ2n) is 3.44. The number of carbonyl (C=O) groups is 2. The van der Waals surface area contributed by atoms with Gasteiger partial charge >= 0.3 is 5.97 Å². The molecule has 1 rings (SSSR count). The molecule has 0 bridgehead atoms. The maximum atomic E-state index is 11.6. The molecule has 0 fully saturated rings. The Morgan fingerprint density at radius 3 is 2.78 bits per heavy atom. The fourth-order valence-electron chi connectivity index (χ4n) is 1.25. The van der Waals surface area contributed by atoms with Crippen molar-refractivity contribution in [2.24, 2.45) is 5.73 Å². The van der Waals surface area contributed by atoms with Gasteiger partial charge in [0.25, 0.3) is 5.91 Å². The molecule has 0 spiro atoms. The molecule has 102 valence electrons. The van der Waals surface area contributed by atoms with Crippen LogP contribution in [0.4, 0.5) is 0 Å². The van der Waals surface area contributed by atoms with E-state index in [1.54, 1.807) is 6.07 Å². The summed E-state index contributed by atoms with van der Waals surface area (Å²) in [6.07, 6.45) is 2.19. The number of furan rings is 1. The summed E-state index contributed by atoms with van der Waals surface area (Å²) in [6, 6.07) is 1.59. The average molecular weight is 277 g/mol. The molecule has 0 radical (unpaired) electrons. The summed E-state index contributed by atoms with van der Waals surface area (Å²) < 4.78 is 9.52. The molecule has 3 N–H and O–H groups in total. The van der Waals surface area contributed by atoms with Gasteiger partial charge in [0.2, 0.25) is 0 Å². The molecule has 1 amide bonds. The van der Waals surface area contributed by atoms with E-state index in [2.05, 4.69) is 10.1 Å². The number of carbonyl (C=O) groups excluding carboxylic acids is 2. The SMILES string of the molecule is COC(=O)CCCNC(=O)c1coc(CN)c1.Cl. The number of hydrogen-bond donors (Lipinski definition) is 2. The van der Waals surface area contributed by atoms with Crippen LogP contribution in [0.25, 0.3) is 0 Å². The summed E-state index contributed by atoms with van der Waals surface area (Å²) in [5.41, 5.74) is 5.79. The molecule has 0 aliphatic rings. The molecule has 6 nitrogen and oxygen atoms in total. The normalized spacial score (nSPS) is 9.44. The molecule has 0 unspecified atom stereocenters. The number of esters is 1. The fourth-order valence-corrected chi connectivity index (χ4v) is 1.25. The van der Waals surface area contributed by atoms with Crippen molar-refractivity contribution < 1.29 is 18.7 Å². The van der Waals surface area contributed by atoms with Crippen molar-refractivity contribution in [2.75, 3.05) is 13.7 Å². The third-order valence-electron chi connectivity index (χ3n) is 2.19. The Labute approximate surface area is 111 Å². The molecular formula is C11H17ClN2O4. The lowest BCUT2D eigenvalue weighted by atomic mass is 10.2. The van der Waals surface area contributed by atoms with Gasteiger partial charge in [-0.2, -0.15) is 0 Å². The quantitative estimate of drug-likeness (QED) is 0.593. The van der Waals surface area contributed by atoms with Gasteiger partial charge in [0.1, 0.15) is 12.0 Å². The number of rotatable bonds is 6. The number of nitrogens with two attached hydrogens (primary N) is 1. The summed E-state index contributed by atoms with van der Waals surface area (Å²) >= 11 is 0. The third kappa shape index (κ3) is 5.20. The number of ether oxygens (including phenoxy) is 1. The Morgan fingerprint density at radius 1 is 1.50 bits per heavy atom. The van der Waals surface area contributed by atoms with Crippen LogP contribution in [0.5, 0.6) is 0 Å². The Kier molecular flexibility index (Phi) is 7.82. The number of halogens is 1. The highest BCUT2D eigenvalue weighted by atomic mass is 35.5. The maximum absolute atomic E-state index is 11.6. The van der Waals surface area contributed by atoms with Gasteiger partial charge in [-0.05, 0) is 12.5 Å². The van der Waals surface area contributed by atoms with E-state index in [1.807, 2.05) is 0 Å². The van der Waals surface area contributed by atoms with Crippen LogP contribution in [0, 0.1) is 0 Å². The van der Waals surface area contributed by atoms with Crippen molar-refractivity contribution in [3.63, 3.8) is 0 Å². The first-order chi connectivity index (χ1) is 8.17. The van der Waals surface area contributed by atoms with Gasteiger partial charge in [-0.3, -0.25) is 9.59 Å². The second kappa shape index (κ2) is 8.54. The molecule has 1 aromatic rings. The van der Waals surface area contributed by atoms with Crippen LogP contribution >= 0.6 is 12.4 Å². The minimum Gasteiger partial charge on any atom is -0.469 e. The monoisotopic (exact) mass is 276 g/mol. The van der Waals surface area contributed by atoms with Crippen LogP contribution in [0.3, 0.4) is 0 Å². The van der Waals surface area contributed by atoms with Crippen LogP contribution < -0.4 is 11.1 Å². The molecular weight excluding hydrogens is 260 g/mol. The average Bonchev–Trinajstić information content (AvgIpc) is 2.82. The molecule has 1 aromatic heterocycles. The zero-order valence-corrected chi connectivity index (χ0v) is 10.9. The van der Waals surface area contributed by atoms with Crippen molar-refractivity contribution in [1.29, 1.82) is 0 Å². The van der Waals surface area contributed by atoms with E-state index in [0.717, 1.165) is 0 Å². The van der Waals surface area contributed by atoms with E-state index in [0.29, 0.717) is 24.3 Å². The summed E-state index contributed by atoms with van der Waals surface area (Å²) in [6.45, 7) is 0.673. The van der Waals surface area contributed by atoms with Gasteiger partial charge in [0, 0.05) is 13.0 Å². The zero-order chi connectivity index (χ0) is 12.7. The maximum Gasteiger partial charge on any atom is 0.305 e. The smallest absolute Gasteiger partial charge is 0.305 e.